The number of halogens is 6. The summed E-state index contributed by atoms with van der Waals surface area (Å²) in [4.78, 5) is 4.27. The number of benzene rings is 2. The number of rotatable bonds is 5. The van der Waals surface area contributed by atoms with E-state index in [1.54, 1.807) is 24.3 Å². The second-order valence-corrected chi connectivity index (χ2v) is 7.12. The summed E-state index contributed by atoms with van der Waals surface area (Å²) in [5.74, 6) is 0. The largest absolute Gasteiger partial charge is 0.462 e. The number of imidazole rings is 1. The summed E-state index contributed by atoms with van der Waals surface area (Å²) in [6.45, 7) is 3.61. The first-order valence-corrected chi connectivity index (χ1v) is 10.2. The molecule has 168 valence electrons. The number of hydrogen-bond donors (Lipinski definition) is 2. The quantitative estimate of drug-likeness (QED) is 0.308. The fourth-order valence-corrected chi connectivity index (χ4v) is 3.57. The summed E-state index contributed by atoms with van der Waals surface area (Å²) in [6, 6.07) is 8.06. The summed E-state index contributed by atoms with van der Waals surface area (Å²) in [6.07, 6.45) is -9.89. The molecule has 3 aromatic rings. The van der Waals surface area contributed by atoms with Gasteiger partial charge in [-0.15, -0.1) is 0 Å². The lowest BCUT2D eigenvalue weighted by Crippen LogP contribution is -2.17. The molecular formula is C19H19BF6N2O2S. The van der Waals surface area contributed by atoms with Gasteiger partial charge in [0.15, 0.2) is 5.16 Å². The fourth-order valence-electron chi connectivity index (χ4n) is 2.79. The average Bonchev–Trinajstić information content (AvgIpc) is 3.04. The molecule has 1 heterocycles. The van der Waals surface area contributed by atoms with Crippen LogP contribution in [0.25, 0.3) is 11.0 Å². The molecule has 0 unspecified atom stereocenters. The molecule has 0 saturated carbocycles. The molecule has 1 aromatic heterocycles. The second-order valence-electron chi connectivity index (χ2n) is 6.13. The first-order chi connectivity index (χ1) is 14.5. The van der Waals surface area contributed by atoms with Crippen LogP contribution in [0.5, 0.6) is 0 Å². The lowest BCUT2D eigenvalue weighted by atomic mass is 9.98. The lowest BCUT2D eigenvalue weighted by Gasteiger charge is -2.17. The fraction of sp³-hybridized carbons (Fsp3) is 0.316. The first-order valence-electron chi connectivity index (χ1n) is 9.18. The van der Waals surface area contributed by atoms with E-state index < -0.39 is 37.1 Å². The second kappa shape index (κ2) is 9.96. The molecule has 0 fully saturated rings. The highest BCUT2D eigenvalue weighted by Gasteiger charge is 2.38. The highest BCUT2D eigenvalue weighted by atomic mass is 32.2. The Balaban J connectivity index is 0.00000166. The average molecular weight is 464 g/mol. The Bertz CT molecular complexity index is 1020. The van der Waals surface area contributed by atoms with Gasteiger partial charge in [-0.1, -0.05) is 43.8 Å². The smallest absolute Gasteiger partial charge is 0.427 e. The van der Waals surface area contributed by atoms with E-state index in [9.17, 15) is 26.3 Å². The van der Waals surface area contributed by atoms with E-state index in [4.69, 9.17) is 10.0 Å². The number of hydrogen-bond acceptors (Lipinski definition) is 4. The lowest BCUT2D eigenvalue weighted by molar-refractivity contribution is -0.143. The van der Waals surface area contributed by atoms with Gasteiger partial charge in [0.2, 0.25) is 0 Å². The maximum Gasteiger partial charge on any atom is 0.462 e. The van der Waals surface area contributed by atoms with Crippen molar-refractivity contribution in [2.45, 2.75) is 37.9 Å². The van der Waals surface area contributed by atoms with Crippen LogP contribution in [0.15, 0.2) is 47.6 Å². The topological polar surface area (TPSA) is 58.3 Å². The van der Waals surface area contributed by atoms with E-state index in [1.165, 1.54) is 4.57 Å². The van der Waals surface area contributed by atoms with Crippen molar-refractivity contribution >= 4 is 29.9 Å². The van der Waals surface area contributed by atoms with Crippen LogP contribution in [0.1, 0.15) is 30.5 Å². The molecule has 0 aliphatic rings. The minimum atomic E-state index is -4.98. The van der Waals surface area contributed by atoms with E-state index in [-0.39, 0.29) is 22.4 Å². The molecule has 0 aliphatic carbocycles. The highest BCUT2D eigenvalue weighted by molar-refractivity contribution is 8.00. The molecule has 0 saturated heterocycles. The van der Waals surface area contributed by atoms with Crippen LogP contribution in [-0.4, -0.2) is 32.4 Å². The van der Waals surface area contributed by atoms with Crippen molar-refractivity contribution in [3.8, 4) is 0 Å². The van der Waals surface area contributed by atoms with E-state index in [1.807, 2.05) is 13.8 Å². The number of aromatic nitrogens is 2. The number of nitrogens with zero attached hydrogens (tertiary/aromatic N) is 2. The number of thioether (sulfide) groups is 1. The van der Waals surface area contributed by atoms with Crippen LogP contribution in [-0.2, 0) is 18.9 Å². The third-order valence-electron chi connectivity index (χ3n) is 4.05. The van der Waals surface area contributed by atoms with Crippen molar-refractivity contribution in [2.75, 3.05) is 5.65 Å². The standard InChI is InChI=1S/C17H13BF6N2O2S.C2H6/c19-16(20,21)11-6-5-10(12(7-11)17(22,23)24)8-26-14-4-2-1-3-13(14)25-15(26)29-9-18(27)28;1-2/h1-7,27-28H,8-9H2;1-2H3. The summed E-state index contributed by atoms with van der Waals surface area (Å²) < 4.78 is 80.4. The molecule has 0 radical (unpaired) electrons. The monoisotopic (exact) mass is 464 g/mol. The van der Waals surface area contributed by atoms with Crippen molar-refractivity contribution in [1.82, 2.24) is 9.55 Å². The summed E-state index contributed by atoms with van der Waals surface area (Å²) in [5, 5.41) is 18.4. The SMILES string of the molecule is CC.OB(O)CSc1nc2ccccc2n1Cc1ccc(C(F)(F)F)cc1C(F)(F)F. The molecule has 2 aromatic carbocycles. The number of para-hydroxylation sites is 2. The molecular weight excluding hydrogens is 445 g/mol. The first kappa shape index (κ1) is 25.1. The van der Waals surface area contributed by atoms with Crippen molar-refractivity contribution in [3.63, 3.8) is 0 Å². The van der Waals surface area contributed by atoms with Gasteiger partial charge in [-0.3, -0.25) is 0 Å². The molecule has 0 aliphatic heterocycles. The predicted molar refractivity (Wildman–Crippen MR) is 108 cm³/mol. The van der Waals surface area contributed by atoms with Crippen LogP contribution in [0.2, 0.25) is 0 Å². The minimum absolute atomic E-state index is 0.0960. The molecule has 0 spiro atoms. The van der Waals surface area contributed by atoms with E-state index in [0.717, 1.165) is 17.8 Å². The van der Waals surface area contributed by atoms with Gasteiger partial charge in [0.05, 0.1) is 28.7 Å². The Morgan fingerprint density at radius 1 is 0.968 bits per heavy atom. The Kier molecular flexibility index (Phi) is 8.06. The minimum Gasteiger partial charge on any atom is -0.427 e. The van der Waals surface area contributed by atoms with Gasteiger partial charge in [-0.25, -0.2) is 4.98 Å². The molecule has 2 N–H and O–H groups in total. The van der Waals surface area contributed by atoms with Gasteiger partial charge < -0.3 is 14.6 Å². The highest BCUT2D eigenvalue weighted by Crippen LogP contribution is 2.38. The van der Waals surface area contributed by atoms with Crippen molar-refractivity contribution in [3.05, 3.63) is 59.2 Å². The number of alkyl halides is 6. The van der Waals surface area contributed by atoms with Crippen LogP contribution in [0.4, 0.5) is 26.3 Å². The Hall–Kier alpha value is -2.18. The van der Waals surface area contributed by atoms with E-state index >= 15 is 0 Å². The third-order valence-corrected chi connectivity index (χ3v) is 5.09. The summed E-state index contributed by atoms with van der Waals surface area (Å²) >= 11 is 0.911. The zero-order valence-corrected chi connectivity index (χ0v) is 17.3. The molecule has 31 heavy (non-hydrogen) atoms. The van der Waals surface area contributed by atoms with Gasteiger partial charge in [0, 0.05) is 5.65 Å². The van der Waals surface area contributed by atoms with Crippen LogP contribution in [0, 0.1) is 0 Å². The van der Waals surface area contributed by atoms with Gasteiger partial charge in [0.1, 0.15) is 0 Å². The molecule has 3 rings (SSSR count). The van der Waals surface area contributed by atoms with Crippen molar-refractivity contribution in [1.29, 1.82) is 0 Å². The van der Waals surface area contributed by atoms with E-state index in [2.05, 4.69) is 4.98 Å². The summed E-state index contributed by atoms with van der Waals surface area (Å²) in [5.41, 5.74) is -2.38. The Morgan fingerprint density at radius 3 is 2.19 bits per heavy atom. The Morgan fingerprint density at radius 2 is 1.61 bits per heavy atom. The maximum absolute atomic E-state index is 13.5. The molecule has 0 atom stereocenters. The van der Waals surface area contributed by atoms with Gasteiger partial charge in [-0.05, 0) is 29.8 Å². The zero-order chi connectivity index (χ0) is 23.4. The molecule has 12 heteroatoms. The van der Waals surface area contributed by atoms with Gasteiger partial charge in [0.25, 0.3) is 0 Å². The van der Waals surface area contributed by atoms with Crippen molar-refractivity contribution < 1.29 is 36.4 Å². The van der Waals surface area contributed by atoms with Crippen LogP contribution < -0.4 is 0 Å². The van der Waals surface area contributed by atoms with Gasteiger partial charge in [-0.2, -0.15) is 26.3 Å². The van der Waals surface area contributed by atoms with Crippen molar-refractivity contribution in [2.24, 2.45) is 0 Å². The van der Waals surface area contributed by atoms with Crippen LogP contribution >= 0.6 is 11.8 Å². The van der Waals surface area contributed by atoms with E-state index in [0.29, 0.717) is 17.1 Å². The van der Waals surface area contributed by atoms with Crippen LogP contribution in [0.3, 0.4) is 0 Å². The molecule has 0 bridgehead atoms. The normalized spacial score (nSPS) is 11.9. The molecule has 4 nitrogen and oxygen atoms in total. The predicted octanol–water partition coefficient (Wildman–Crippen LogP) is 5.25. The molecule has 0 amide bonds. The Labute approximate surface area is 179 Å². The number of fused-ring (bicyclic) bond motifs is 1. The zero-order valence-electron chi connectivity index (χ0n) is 16.5. The summed E-state index contributed by atoms with van der Waals surface area (Å²) in [7, 11) is -1.66. The van der Waals surface area contributed by atoms with Gasteiger partial charge >= 0.3 is 19.5 Å². The maximum atomic E-state index is 13.5. The third kappa shape index (κ3) is 6.17.